The number of anilines is 1. The van der Waals surface area contributed by atoms with Gasteiger partial charge in [-0.25, -0.2) is 14.8 Å². The Morgan fingerprint density at radius 3 is 2.67 bits per heavy atom. The first-order valence-corrected chi connectivity index (χ1v) is 9.26. The van der Waals surface area contributed by atoms with Crippen molar-refractivity contribution in [3.63, 3.8) is 0 Å². The SMILES string of the molecule is COc1nccnc1N1CCN(CCCn2c(=O)[nH]c3ccccc32)CC1. The van der Waals surface area contributed by atoms with Gasteiger partial charge in [-0.05, 0) is 25.1 Å². The van der Waals surface area contributed by atoms with Gasteiger partial charge in [0, 0.05) is 45.1 Å². The van der Waals surface area contributed by atoms with Gasteiger partial charge in [-0.15, -0.1) is 0 Å². The van der Waals surface area contributed by atoms with E-state index in [0.29, 0.717) is 5.88 Å². The third-order valence-electron chi connectivity index (χ3n) is 5.05. The first kappa shape index (κ1) is 17.5. The maximum Gasteiger partial charge on any atom is 0.326 e. The zero-order valence-corrected chi connectivity index (χ0v) is 15.5. The Balaban J connectivity index is 1.31. The second kappa shape index (κ2) is 7.79. The predicted molar refractivity (Wildman–Crippen MR) is 104 cm³/mol. The molecule has 0 bridgehead atoms. The van der Waals surface area contributed by atoms with Gasteiger partial charge in [-0.2, -0.15) is 0 Å². The van der Waals surface area contributed by atoms with Gasteiger partial charge in [0.05, 0.1) is 18.1 Å². The molecule has 0 amide bonds. The van der Waals surface area contributed by atoms with Crippen molar-refractivity contribution in [1.29, 1.82) is 0 Å². The monoisotopic (exact) mass is 368 g/mol. The second-order valence-electron chi connectivity index (χ2n) is 6.67. The summed E-state index contributed by atoms with van der Waals surface area (Å²) in [7, 11) is 1.62. The Labute approximate surface area is 157 Å². The molecular formula is C19H24N6O2. The number of imidazole rings is 1. The van der Waals surface area contributed by atoms with Crippen molar-refractivity contribution in [3.8, 4) is 5.88 Å². The molecule has 1 saturated heterocycles. The van der Waals surface area contributed by atoms with Crippen LogP contribution in [0.15, 0.2) is 41.5 Å². The number of hydrogen-bond donors (Lipinski definition) is 1. The smallest absolute Gasteiger partial charge is 0.326 e. The summed E-state index contributed by atoms with van der Waals surface area (Å²) in [4.78, 5) is 28.3. The largest absolute Gasteiger partial charge is 0.478 e. The lowest BCUT2D eigenvalue weighted by Gasteiger charge is -2.35. The number of benzene rings is 1. The Morgan fingerprint density at radius 1 is 1.07 bits per heavy atom. The Hall–Kier alpha value is -2.87. The summed E-state index contributed by atoms with van der Waals surface area (Å²) in [6.45, 7) is 5.40. The molecule has 1 aliphatic rings. The Morgan fingerprint density at radius 2 is 1.85 bits per heavy atom. The minimum absolute atomic E-state index is 0.0317. The molecule has 0 aliphatic carbocycles. The number of para-hydroxylation sites is 2. The number of piperazine rings is 1. The van der Waals surface area contributed by atoms with Gasteiger partial charge in [-0.1, -0.05) is 12.1 Å². The van der Waals surface area contributed by atoms with Crippen molar-refractivity contribution in [2.75, 3.05) is 44.7 Å². The first-order valence-electron chi connectivity index (χ1n) is 9.26. The van der Waals surface area contributed by atoms with Crippen LogP contribution in [0, 0.1) is 0 Å². The van der Waals surface area contributed by atoms with E-state index in [2.05, 4.69) is 24.8 Å². The highest BCUT2D eigenvalue weighted by molar-refractivity contribution is 5.74. The average Bonchev–Trinajstić information content (AvgIpc) is 3.04. The number of methoxy groups -OCH3 is 1. The van der Waals surface area contributed by atoms with Crippen LogP contribution in [-0.4, -0.2) is 64.3 Å². The highest BCUT2D eigenvalue weighted by Gasteiger charge is 2.21. The fourth-order valence-corrected chi connectivity index (χ4v) is 3.64. The van der Waals surface area contributed by atoms with Crippen LogP contribution in [0.4, 0.5) is 5.82 Å². The maximum atomic E-state index is 12.1. The average molecular weight is 368 g/mol. The molecular weight excluding hydrogens is 344 g/mol. The molecule has 1 fully saturated rings. The van der Waals surface area contributed by atoms with Gasteiger partial charge in [-0.3, -0.25) is 9.47 Å². The molecule has 8 heteroatoms. The number of aromatic nitrogens is 4. The van der Waals surface area contributed by atoms with E-state index in [4.69, 9.17) is 4.74 Å². The summed E-state index contributed by atoms with van der Waals surface area (Å²) >= 11 is 0. The number of aromatic amines is 1. The number of nitrogens with one attached hydrogen (secondary N) is 1. The molecule has 3 aromatic rings. The van der Waals surface area contributed by atoms with Gasteiger partial charge in [0.25, 0.3) is 5.88 Å². The molecule has 1 aromatic carbocycles. The van der Waals surface area contributed by atoms with E-state index >= 15 is 0 Å². The van der Waals surface area contributed by atoms with Gasteiger partial charge in [0.1, 0.15) is 0 Å². The summed E-state index contributed by atoms with van der Waals surface area (Å²) in [5.41, 5.74) is 1.84. The number of nitrogens with zero attached hydrogens (tertiary/aromatic N) is 5. The molecule has 0 spiro atoms. The number of ether oxygens (including phenoxy) is 1. The van der Waals surface area contributed by atoms with Crippen LogP contribution in [-0.2, 0) is 6.54 Å². The van der Waals surface area contributed by atoms with Crippen LogP contribution >= 0.6 is 0 Å². The molecule has 1 N–H and O–H groups in total. The lowest BCUT2D eigenvalue weighted by molar-refractivity contribution is 0.249. The molecule has 4 rings (SSSR count). The minimum atomic E-state index is -0.0317. The highest BCUT2D eigenvalue weighted by atomic mass is 16.5. The van der Waals surface area contributed by atoms with E-state index in [1.807, 2.05) is 28.8 Å². The standard InChI is InChI=1S/C19H24N6O2/c1-27-18-17(20-7-8-21-18)24-13-11-23(12-14-24)9-4-10-25-16-6-3-2-5-15(16)22-19(25)26/h2-3,5-8H,4,9-14H2,1H3,(H,22,26). The number of rotatable bonds is 6. The summed E-state index contributed by atoms with van der Waals surface area (Å²) < 4.78 is 7.14. The van der Waals surface area contributed by atoms with Gasteiger partial charge in [0.2, 0.25) is 0 Å². The highest BCUT2D eigenvalue weighted by Crippen LogP contribution is 2.23. The van der Waals surface area contributed by atoms with Crippen molar-refractivity contribution in [2.24, 2.45) is 0 Å². The van der Waals surface area contributed by atoms with Crippen molar-refractivity contribution >= 4 is 16.9 Å². The lowest BCUT2D eigenvalue weighted by Crippen LogP contribution is -2.47. The first-order chi connectivity index (χ1) is 13.3. The number of hydrogen-bond acceptors (Lipinski definition) is 6. The molecule has 142 valence electrons. The van der Waals surface area contributed by atoms with Gasteiger partial charge < -0.3 is 14.6 Å². The maximum absolute atomic E-state index is 12.1. The quantitative estimate of drug-likeness (QED) is 0.707. The zero-order chi connectivity index (χ0) is 18.6. The Kier molecular flexibility index (Phi) is 5.06. The minimum Gasteiger partial charge on any atom is -0.478 e. The number of H-pyrrole nitrogens is 1. The third kappa shape index (κ3) is 3.66. The fourth-order valence-electron chi connectivity index (χ4n) is 3.64. The van der Waals surface area contributed by atoms with E-state index in [9.17, 15) is 4.79 Å². The molecule has 0 saturated carbocycles. The van der Waals surface area contributed by atoms with Crippen LogP contribution < -0.4 is 15.3 Å². The normalized spacial score (nSPS) is 15.4. The molecule has 1 aliphatic heterocycles. The molecule has 8 nitrogen and oxygen atoms in total. The predicted octanol–water partition coefficient (Wildman–Crippen LogP) is 1.34. The van der Waals surface area contributed by atoms with Crippen molar-refractivity contribution in [2.45, 2.75) is 13.0 Å². The van der Waals surface area contributed by atoms with Crippen molar-refractivity contribution < 1.29 is 4.74 Å². The van der Waals surface area contributed by atoms with Crippen LogP contribution in [0.5, 0.6) is 5.88 Å². The number of aryl methyl sites for hydroxylation is 1. The van der Waals surface area contributed by atoms with E-state index in [-0.39, 0.29) is 5.69 Å². The zero-order valence-electron chi connectivity index (χ0n) is 15.5. The summed E-state index contributed by atoms with van der Waals surface area (Å²) in [5.74, 6) is 1.38. The van der Waals surface area contributed by atoms with Crippen LogP contribution in [0.25, 0.3) is 11.0 Å². The molecule has 0 radical (unpaired) electrons. The number of fused-ring (bicyclic) bond motifs is 1. The van der Waals surface area contributed by atoms with Gasteiger partial charge in [0.15, 0.2) is 5.82 Å². The molecule has 0 unspecified atom stereocenters. The molecule has 2 aromatic heterocycles. The second-order valence-corrected chi connectivity index (χ2v) is 6.67. The van der Waals surface area contributed by atoms with E-state index in [0.717, 1.165) is 62.5 Å². The van der Waals surface area contributed by atoms with Crippen LogP contribution in [0.2, 0.25) is 0 Å². The summed E-state index contributed by atoms with van der Waals surface area (Å²) in [6.07, 6.45) is 4.28. The van der Waals surface area contributed by atoms with Crippen molar-refractivity contribution in [3.05, 3.63) is 47.1 Å². The van der Waals surface area contributed by atoms with Crippen LogP contribution in [0.1, 0.15) is 6.42 Å². The molecule has 3 heterocycles. The fraction of sp³-hybridized carbons (Fsp3) is 0.421. The molecule has 0 atom stereocenters. The lowest BCUT2D eigenvalue weighted by atomic mass is 10.2. The van der Waals surface area contributed by atoms with E-state index in [1.54, 1.807) is 19.5 Å². The van der Waals surface area contributed by atoms with Gasteiger partial charge >= 0.3 is 5.69 Å². The van der Waals surface area contributed by atoms with E-state index < -0.39 is 0 Å². The van der Waals surface area contributed by atoms with Crippen LogP contribution in [0.3, 0.4) is 0 Å². The third-order valence-corrected chi connectivity index (χ3v) is 5.05. The van der Waals surface area contributed by atoms with Crippen molar-refractivity contribution in [1.82, 2.24) is 24.4 Å². The Bertz CT molecular complexity index is 958. The summed E-state index contributed by atoms with van der Waals surface area (Å²) in [5, 5.41) is 0. The van der Waals surface area contributed by atoms with E-state index in [1.165, 1.54) is 0 Å². The summed E-state index contributed by atoms with van der Waals surface area (Å²) in [6, 6.07) is 7.83. The molecule has 27 heavy (non-hydrogen) atoms. The topological polar surface area (TPSA) is 79.3 Å².